The Morgan fingerprint density at radius 1 is 0.544 bits per heavy atom. The number of benzene rings is 6. The molecule has 2 heterocycles. The number of nitrogens with two attached hydrogens (primary N) is 1. The second-order valence-electron chi connectivity index (χ2n) is 22.6. The van der Waals surface area contributed by atoms with Crippen molar-refractivity contribution in [2.24, 2.45) is 5.73 Å². The number of nitrogens with one attached hydrogen (secondary N) is 4. The second-order valence-corrected chi connectivity index (χ2v) is 28.3. The van der Waals surface area contributed by atoms with Crippen molar-refractivity contribution in [3.63, 3.8) is 0 Å². The van der Waals surface area contributed by atoms with Crippen molar-refractivity contribution in [3.05, 3.63) is 180 Å². The molecule has 0 unspecified atom stereocenters. The SMILES string of the molecule is C.CC(C)OC(=O)Nc1ccc(-c2ncc(-c3ccc(CCC(=O)OCc4ccccc4)cc3S(=O)(=O)NC(C)(C)C)s2)cc1.CC(C)OC(=O)Nc1ccc(-c2ncc(-c3ccc(CN)cc3S(=O)(=O)NC(C)(C)C)s2)cc1.O=C(Cl)OCc1ccccc1. The molecular weight excluding hydrogens is 1250 g/mol. The third-order valence-corrected chi connectivity index (χ3v) is 17.7. The van der Waals surface area contributed by atoms with Crippen molar-refractivity contribution >= 4 is 89.3 Å². The van der Waals surface area contributed by atoms with Crippen molar-refractivity contribution in [1.82, 2.24) is 19.4 Å². The van der Waals surface area contributed by atoms with E-state index in [0.717, 1.165) is 37.7 Å². The molecule has 0 radical (unpaired) electrons. The van der Waals surface area contributed by atoms with E-state index in [4.69, 9.17) is 31.5 Å². The van der Waals surface area contributed by atoms with E-state index in [2.05, 4.69) is 34.8 Å². The van der Waals surface area contributed by atoms with Crippen LogP contribution in [0.4, 0.5) is 25.8 Å². The zero-order valence-electron chi connectivity index (χ0n) is 51.1. The van der Waals surface area contributed by atoms with Crippen LogP contribution in [0.2, 0.25) is 0 Å². The van der Waals surface area contributed by atoms with Gasteiger partial charge in [-0.2, -0.15) is 0 Å². The van der Waals surface area contributed by atoms with Gasteiger partial charge in [-0.1, -0.05) is 92.4 Å². The zero-order valence-corrected chi connectivity index (χ0v) is 55.1. The van der Waals surface area contributed by atoms with Gasteiger partial charge in [-0.15, -0.1) is 22.7 Å². The topological polar surface area (TPSA) is 273 Å². The highest BCUT2D eigenvalue weighted by Gasteiger charge is 2.28. The van der Waals surface area contributed by atoms with Crippen molar-refractivity contribution in [2.45, 2.75) is 142 Å². The summed E-state index contributed by atoms with van der Waals surface area (Å²) in [6.07, 6.45) is 2.27. The van der Waals surface area contributed by atoms with Gasteiger partial charge in [0.15, 0.2) is 0 Å². The highest BCUT2D eigenvalue weighted by atomic mass is 35.5. The number of hydrogen-bond acceptors (Lipinski definition) is 17. The molecule has 6 aromatic carbocycles. The molecule has 19 nitrogen and oxygen atoms in total. The maximum atomic E-state index is 13.6. The Morgan fingerprint density at radius 2 is 0.933 bits per heavy atom. The van der Waals surface area contributed by atoms with Gasteiger partial charge in [0.1, 0.15) is 23.2 Å². The van der Waals surface area contributed by atoms with Crippen LogP contribution in [0.5, 0.6) is 0 Å². The van der Waals surface area contributed by atoms with Gasteiger partial charge in [0.05, 0.1) is 31.8 Å². The summed E-state index contributed by atoms with van der Waals surface area (Å²) < 4.78 is 79.1. The van der Waals surface area contributed by atoms with Crippen LogP contribution in [-0.4, -0.2) is 73.7 Å². The Hall–Kier alpha value is -7.87. The summed E-state index contributed by atoms with van der Waals surface area (Å²) in [5.74, 6) is -0.361. The number of halogens is 1. The number of hydrogen-bond donors (Lipinski definition) is 5. The lowest BCUT2D eigenvalue weighted by molar-refractivity contribution is -0.144. The van der Waals surface area contributed by atoms with E-state index in [-0.39, 0.29) is 61.6 Å². The van der Waals surface area contributed by atoms with Crippen LogP contribution >= 0.6 is 34.3 Å². The van der Waals surface area contributed by atoms with Crippen LogP contribution in [0, 0.1) is 0 Å². The number of anilines is 2. The summed E-state index contributed by atoms with van der Waals surface area (Å²) in [6.45, 7) is 18.5. The third-order valence-electron chi connectivity index (χ3n) is 11.8. The molecule has 24 heteroatoms. The first-order chi connectivity index (χ1) is 41.9. The maximum Gasteiger partial charge on any atom is 0.411 e. The normalized spacial score (nSPS) is 11.4. The minimum absolute atomic E-state index is 0. The van der Waals surface area contributed by atoms with Crippen LogP contribution in [0.3, 0.4) is 0 Å². The molecule has 6 N–H and O–H groups in total. The summed E-state index contributed by atoms with van der Waals surface area (Å²) in [6, 6.07) is 43.5. The minimum atomic E-state index is -3.92. The lowest BCUT2D eigenvalue weighted by Crippen LogP contribution is -2.40. The van der Waals surface area contributed by atoms with Crippen molar-refractivity contribution in [1.29, 1.82) is 0 Å². The quantitative estimate of drug-likeness (QED) is 0.0270. The molecule has 0 saturated carbocycles. The number of aromatic nitrogens is 2. The molecule has 2 amide bonds. The maximum absolute atomic E-state index is 13.6. The fourth-order valence-electron chi connectivity index (χ4n) is 8.13. The summed E-state index contributed by atoms with van der Waals surface area (Å²) in [4.78, 5) is 57.0. The Bertz CT molecular complexity index is 3890. The fourth-order valence-corrected chi connectivity index (χ4v) is 13.6. The van der Waals surface area contributed by atoms with E-state index < -0.39 is 48.7 Å². The lowest BCUT2D eigenvalue weighted by atomic mass is 10.1. The van der Waals surface area contributed by atoms with Gasteiger partial charge < -0.3 is 24.7 Å². The molecule has 0 fully saturated rings. The number of carbonyl (C=O) groups excluding carboxylic acids is 4. The monoisotopic (exact) mass is 1320 g/mol. The van der Waals surface area contributed by atoms with E-state index in [1.165, 1.54) is 22.7 Å². The van der Waals surface area contributed by atoms with Gasteiger partial charge in [-0.05, 0) is 159 Å². The molecule has 0 atom stereocenters. The Kier molecular flexibility index (Phi) is 26.9. The van der Waals surface area contributed by atoms with Crippen LogP contribution in [-0.2, 0) is 70.0 Å². The van der Waals surface area contributed by atoms with Crippen molar-refractivity contribution < 1.29 is 55.0 Å². The van der Waals surface area contributed by atoms with Gasteiger partial charge in [0.2, 0.25) is 20.0 Å². The second kappa shape index (κ2) is 33.3. The van der Waals surface area contributed by atoms with Gasteiger partial charge >= 0.3 is 23.6 Å². The van der Waals surface area contributed by atoms with Crippen molar-refractivity contribution in [2.75, 3.05) is 10.6 Å². The number of sulfonamides is 2. The fraction of sp³-hybridized carbons (Fsp3) is 0.303. The van der Waals surface area contributed by atoms with E-state index in [0.29, 0.717) is 44.4 Å². The summed E-state index contributed by atoms with van der Waals surface area (Å²) in [5.41, 5.74) is 10.8. The average molecular weight is 1330 g/mol. The first-order valence-corrected chi connectivity index (χ1v) is 33.1. The molecule has 8 rings (SSSR count). The number of carbonyl (C=O) groups is 4. The molecule has 0 saturated heterocycles. The predicted molar refractivity (Wildman–Crippen MR) is 358 cm³/mol. The number of nitrogens with zero attached hydrogens (tertiary/aromatic N) is 2. The molecule has 0 spiro atoms. The molecule has 0 aliphatic rings. The van der Waals surface area contributed by atoms with Gasteiger partial charge in [-0.3, -0.25) is 15.4 Å². The van der Waals surface area contributed by atoms with E-state index in [1.54, 1.807) is 130 Å². The van der Waals surface area contributed by atoms with E-state index in [1.807, 2.05) is 97.1 Å². The number of rotatable bonds is 20. The predicted octanol–water partition coefficient (Wildman–Crippen LogP) is 15.4. The summed E-state index contributed by atoms with van der Waals surface area (Å²) in [7, 11) is -7.71. The number of amides is 2. The van der Waals surface area contributed by atoms with E-state index >= 15 is 0 Å². The van der Waals surface area contributed by atoms with Crippen LogP contribution in [0.15, 0.2) is 168 Å². The number of aryl methyl sites for hydroxylation is 1. The average Bonchev–Trinajstić information content (AvgIpc) is 1.00. The molecule has 480 valence electrons. The Labute approximate surface area is 541 Å². The Balaban J connectivity index is 0.000000283. The van der Waals surface area contributed by atoms with Crippen LogP contribution in [0.25, 0.3) is 42.0 Å². The van der Waals surface area contributed by atoms with Crippen molar-refractivity contribution in [3.8, 4) is 42.0 Å². The first-order valence-electron chi connectivity index (χ1n) is 28.1. The molecule has 0 aliphatic carbocycles. The third kappa shape index (κ3) is 23.8. The minimum Gasteiger partial charge on any atom is -0.461 e. The smallest absolute Gasteiger partial charge is 0.411 e. The van der Waals surface area contributed by atoms with Gasteiger partial charge in [0, 0.05) is 81.7 Å². The van der Waals surface area contributed by atoms with E-state index in [9.17, 15) is 36.0 Å². The molecular formula is C66H78ClN7O12S4. The summed E-state index contributed by atoms with van der Waals surface area (Å²) in [5, 5.41) is 6.77. The Morgan fingerprint density at radius 3 is 1.31 bits per heavy atom. The largest absolute Gasteiger partial charge is 0.461 e. The molecule has 90 heavy (non-hydrogen) atoms. The van der Waals surface area contributed by atoms with Gasteiger partial charge in [0.25, 0.3) is 0 Å². The standard InChI is InChI=1S/C33H37N3O6S2.C24H30N4O4S2.C8H7ClO2.CH4/c1-22(2)42-32(38)35-26-15-13-25(14-16-26)31-34-20-28(43-31)27-17-11-23(19-29(27)44(39,40)36-33(3,4)5)12-18-30(37)41-21-24-9-7-6-8-10-24;1-15(2)32-23(29)27-18-9-7-17(8-10-18)22-26-14-20(33-22)19-11-6-16(13-25)12-21(19)34(30,31)28-24(3,4)5;9-8(10)11-6-7-4-2-1-3-5-7;/h6-11,13-17,19-20,22,36H,12,18,21H2,1-5H3,(H,35,38);6-12,14-15,28H,13,25H2,1-5H3,(H,27,29);1-5H,6H2;1H4. The molecule has 0 bridgehead atoms. The number of esters is 1. The van der Waals surface area contributed by atoms with Crippen LogP contribution < -0.4 is 25.8 Å². The van der Waals surface area contributed by atoms with Gasteiger partial charge in [-0.25, -0.2) is 50.6 Å². The highest BCUT2D eigenvalue weighted by molar-refractivity contribution is 7.90. The van der Waals surface area contributed by atoms with Crippen LogP contribution in [0.1, 0.15) is 105 Å². The molecule has 8 aromatic rings. The highest BCUT2D eigenvalue weighted by Crippen LogP contribution is 2.39. The number of ether oxygens (including phenoxy) is 4. The summed E-state index contributed by atoms with van der Waals surface area (Å²) >= 11 is 7.70. The number of thiazole rings is 2. The first kappa shape index (κ1) is 72.9. The molecule has 0 aliphatic heterocycles. The molecule has 2 aromatic heterocycles. The lowest BCUT2D eigenvalue weighted by Gasteiger charge is -2.22. The zero-order chi connectivity index (χ0) is 65.1.